The molecule has 0 saturated heterocycles. The highest BCUT2D eigenvalue weighted by Crippen LogP contribution is 2.54. The summed E-state index contributed by atoms with van der Waals surface area (Å²) in [5.74, 6) is -6.49. The molecular weight excluding hydrogens is 508 g/mol. The van der Waals surface area contributed by atoms with E-state index in [1.54, 1.807) is 18.2 Å². The first kappa shape index (κ1) is 24.4. The Hall–Kier alpha value is -3.34. The molecular formula is C25H23ClN2O7S. The number of carbonyl (C=O) groups excluding carboxylic acids is 3. The van der Waals surface area contributed by atoms with Crippen LogP contribution >= 0.6 is 22.9 Å². The summed E-state index contributed by atoms with van der Waals surface area (Å²) in [6.45, 7) is 0. The number of Topliss-reactive ketones (excluding diaryl/α,β-unsaturated/α-hetero) is 2. The second kappa shape index (κ2) is 8.09. The molecule has 0 radical (unpaired) electrons. The van der Waals surface area contributed by atoms with Gasteiger partial charge in [-0.05, 0) is 42.5 Å². The van der Waals surface area contributed by atoms with Crippen LogP contribution in [0, 0.1) is 11.8 Å². The van der Waals surface area contributed by atoms with E-state index in [4.69, 9.17) is 17.3 Å². The van der Waals surface area contributed by atoms with E-state index in [0.29, 0.717) is 26.0 Å². The standard InChI is InChI=1S/C25H23ClN2O7S/c1-28(2)13-8-12(15-3-4-16(26)36-15)20(30)18-11(13)6-9-5-10-7-14(29)19(24(27)34)23(33)25(10,35)22(32)17(9)21(18)31/h3-4,8-10,30-31,33,35H,5-7H2,1-2H3,(H2,27,34)/t9-,10+,25+/m1/s1. The molecule has 1 fully saturated rings. The molecule has 1 heterocycles. The number of halogens is 1. The topological polar surface area (TPSA) is 161 Å². The van der Waals surface area contributed by atoms with Gasteiger partial charge in [-0.3, -0.25) is 14.4 Å². The van der Waals surface area contributed by atoms with Crippen molar-refractivity contribution in [1.29, 1.82) is 0 Å². The molecule has 0 unspecified atom stereocenters. The molecule has 36 heavy (non-hydrogen) atoms. The van der Waals surface area contributed by atoms with Crippen molar-refractivity contribution in [2.24, 2.45) is 17.6 Å². The lowest BCUT2D eigenvalue weighted by Crippen LogP contribution is -2.58. The fourth-order valence-corrected chi connectivity index (χ4v) is 6.78. The molecule has 0 aliphatic heterocycles. The lowest BCUT2D eigenvalue weighted by molar-refractivity contribution is -0.147. The van der Waals surface area contributed by atoms with E-state index in [1.807, 2.05) is 19.0 Å². The molecule has 1 aromatic carbocycles. The summed E-state index contributed by atoms with van der Waals surface area (Å²) in [5, 5.41) is 44.7. The van der Waals surface area contributed by atoms with Crippen molar-refractivity contribution < 1.29 is 34.8 Å². The highest BCUT2D eigenvalue weighted by molar-refractivity contribution is 7.19. The maximum Gasteiger partial charge on any atom is 0.255 e. The summed E-state index contributed by atoms with van der Waals surface area (Å²) in [6, 6.07) is 5.20. The third-order valence-corrected chi connectivity index (χ3v) is 8.63. The van der Waals surface area contributed by atoms with E-state index >= 15 is 0 Å². The summed E-state index contributed by atoms with van der Waals surface area (Å²) < 4.78 is 0.506. The quantitative estimate of drug-likeness (QED) is 0.378. The van der Waals surface area contributed by atoms with Crippen molar-refractivity contribution >= 4 is 51.9 Å². The highest BCUT2D eigenvalue weighted by atomic mass is 35.5. The molecule has 0 bridgehead atoms. The van der Waals surface area contributed by atoms with Crippen molar-refractivity contribution in [2.45, 2.75) is 24.9 Å². The van der Waals surface area contributed by atoms with Crippen LogP contribution in [0.3, 0.4) is 0 Å². The van der Waals surface area contributed by atoms with Gasteiger partial charge in [-0.1, -0.05) is 11.6 Å². The number of anilines is 1. The number of aliphatic hydroxyl groups excluding tert-OH is 2. The summed E-state index contributed by atoms with van der Waals surface area (Å²) >= 11 is 7.33. The third kappa shape index (κ3) is 3.21. The van der Waals surface area contributed by atoms with Gasteiger partial charge in [0.1, 0.15) is 22.8 Å². The maximum absolute atomic E-state index is 13.7. The molecule has 1 aromatic heterocycles. The number of primary amides is 1. The third-order valence-electron chi connectivity index (χ3n) is 7.36. The molecule has 3 atom stereocenters. The molecule has 5 rings (SSSR count). The van der Waals surface area contributed by atoms with Crippen LogP contribution in [-0.4, -0.2) is 57.6 Å². The number of phenolic OH excluding ortho intramolecular Hbond substituents is 1. The van der Waals surface area contributed by atoms with Crippen molar-refractivity contribution in [1.82, 2.24) is 0 Å². The lowest BCUT2D eigenvalue weighted by atomic mass is 9.59. The second-order valence-electron chi connectivity index (χ2n) is 9.55. The lowest BCUT2D eigenvalue weighted by Gasteiger charge is -2.46. The molecule has 188 valence electrons. The Morgan fingerprint density at radius 3 is 2.47 bits per heavy atom. The second-order valence-corrected chi connectivity index (χ2v) is 11.3. The van der Waals surface area contributed by atoms with Crippen LogP contribution in [0.15, 0.2) is 35.1 Å². The van der Waals surface area contributed by atoms with Crippen LogP contribution in [-0.2, 0) is 20.8 Å². The number of hydrogen-bond donors (Lipinski definition) is 5. The van der Waals surface area contributed by atoms with E-state index < -0.39 is 52.0 Å². The van der Waals surface area contributed by atoms with Crippen LogP contribution in [0.25, 0.3) is 16.2 Å². The number of carbonyl (C=O) groups is 3. The average Bonchev–Trinajstić information content (AvgIpc) is 3.21. The first-order valence-corrected chi connectivity index (χ1v) is 12.4. The smallest absolute Gasteiger partial charge is 0.255 e. The van der Waals surface area contributed by atoms with Crippen molar-refractivity contribution in [3.05, 3.63) is 50.6 Å². The SMILES string of the molecule is CN(C)c1cc(-c2ccc(Cl)s2)c(O)c2c1C[C@H]1C[C@H]3CC(=O)C(C(N)=O)=C(O)[C@@]3(O)C(=O)C1=C2O. The molecule has 3 aliphatic carbocycles. The normalized spacial score (nSPS) is 25.4. The van der Waals surface area contributed by atoms with Gasteiger partial charge in [0, 0.05) is 48.1 Å². The van der Waals surface area contributed by atoms with Gasteiger partial charge in [-0.2, -0.15) is 0 Å². The predicted octanol–water partition coefficient (Wildman–Crippen LogP) is 2.87. The van der Waals surface area contributed by atoms with E-state index in [0.717, 1.165) is 0 Å². The summed E-state index contributed by atoms with van der Waals surface area (Å²) in [5.41, 5.74) is 3.42. The van der Waals surface area contributed by atoms with Crippen LogP contribution in [0.4, 0.5) is 5.69 Å². The number of aromatic hydroxyl groups is 1. The number of phenols is 1. The largest absolute Gasteiger partial charge is 0.508 e. The molecule has 11 heteroatoms. The number of hydrogen-bond acceptors (Lipinski definition) is 9. The summed E-state index contributed by atoms with van der Waals surface area (Å²) in [7, 11) is 3.62. The Morgan fingerprint density at radius 1 is 1.19 bits per heavy atom. The van der Waals surface area contributed by atoms with Gasteiger partial charge in [-0.15, -0.1) is 11.3 Å². The summed E-state index contributed by atoms with van der Waals surface area (Å²) in [4.78, 5) is 40.4. The molecule has 3 aliphatic rings. The number of aliphatic hydroxyl groups is 3. The Bertz CT molecular complexity index is 1440. The van der Waals surface area contributed by atoms with E-state index in [9.17, 15) is 34.8 Å². The zero-order valence-corrected chi connectivity index (χ0v) is 20.9. The van der Waals surface area contributed by atoms with Crippen LogP contribution in [0.5, 0.6) is 5.75 Å². The van der Waals surface area contributed by atoms with Crippen LogP contribution < -0.4 is 10.6 Å². The zero-order valence-electron chi connectivity index (χ0n) is 19.3. The molecule has 1 amide bonds. The average molecular weight is 531 g/mol. The Kier molecular flexibility index (Phi) is 5.47. The molecule has 6 N–H and O–H groups in total. The van der Waals surface area contributed by atoms with E-state index in [2.05, 4.69) is 0 Å². The number of nitrogens with zero attached hydrogens (tertiary/aromatic N) is 1. The zero-order chi connectivity index (χ0) is 26.3. The van der Waals surface area contributed by atoms with E-state index in [-0.39, 0.29) is 36.1 Å². The number of amides is 1. The Balaban J connectivity index is 1.75. The minimum Gasteiger partial charge on any atom is -0.508 e. The number of thiophene rings is 1. The maximum atomic E-state index is 13.7. The van der Waals surface area contributed by atoms with Gasteiger partial charge in [0.15, 0.2) is 11.4 Å². The molecule has 9 nitrogen and oxygen atoms in total. The first-order chi connectivity index (χ1) is 16.9. The van der Waals surface area contributed by atoms with Gasteiger partial charge in [0.05, 0.1) is 9.90 Å². The Labute approximate surface area is 214 Å². The van der Waals surface area contributed by atoms with Gasteiger partial charge >= 0.3 is 0 Å². The molecule has 2 aromatic rings. The van der Waals surface area contributed by atoms with Gasteiger partial charge in [0.25, 0.3) is 5.91 Å². The summed E-state index contributed by atoms with van der Waals surface area (Å²) in [6.07, 6.45) is -0.0361. The molecule has 1 saturated carbocycles. The van der Waals surface area contributed by atoms with Gasteiger partial charge in [-0.25, -0.2) is 0 Å². The number of ketones is 2. The van der Waals surface area contributed by atoms with Crippen LogP contribution in [0.2, 0.25) is 4.34 Å². The Morgan fingerprint density at radius 2 is 1.89 bits per heavy atom. The number of nitrogens with two attached hydrogens (primary N) is 1. The monoisotopic (exact) mass is 530 g/mol. The fourth-order valence-electron chi connectivity index (χ4n) is 5.72. The highest BCUT2D eigenvalue weighted by Gasteiger charge is 2.60. The van der Waals surface area contributed by atoms with Gasteiger partial charge in [0.2, 0.25) is 5.78 Å². The number of fused-ring (bicyclic) bond motifs is 3. The minimum atomic E-state index is -2.59. The van der Waals surface area contributed by atoms with E-state index in [1.165, 1.54) is 11.3 Å². The van der Waals surface area contributed by atoms with Crippen molar-refractivity contribution in [2.75, 3.05) is 19.0 Å². The predicted molar refractivity (Wildman–Crippen MR) is 134 cm³/mol. The van der Waals surface area contributed by atoms with Crippen LogP contribution in [0.1, 0.15) is 24.0 Å². The van der Waals surface area contributed by atoms with Crippen molar-refractivity contribution in [3.63, 3.8) is 0 Å². The minimum absolute atomic E-state index is 0.0489. The first-order valence-electron chi connectivity index (χ1n) is 11.2. The number of benzene rings is 1. The van der Waals surface area contributed by atoms with Crippen molar-refractivity contribution in [3.8, 4) is 16.2 Å². The number of rotatable bonds is 3. The fraction of sp³-hybridized carbons (Fsp3) is 0.320. The van der Waals surface area contributed by atoms with Gasteiger partial charge < -0.3 is 31.1 Å². The molecule has 0 spiro atoms.